The van der Waals surface area contributed by atoms with Gasteiger partial charge in [-0.15, -0.1) is 0 Å². The number of aliphatic carboxylic acids is 1. The van der Waals surface area contributed by atoms with Gasteiger partial charge in [0.1, 0.15) is 6.54 Å². The van der Waals surface area contributed by atoms with Crippen LogP contribution >= 0.6 is 0 Å². The number of carboxylic acid groups (broad SMARTS) is 1. The molecule has 1 aliphatic heterocycles. The largest absolute Gasteiger partial charge is 0.481 e. The minimum absolute atomic E-state index is 0.245. The number of amides is 1. The van der Waals surface area contributed by atoms with Gasteiger partial charge in [-0.25, -0.2) is 4.79 Å². The third-order valence-electron chi connectivity index (χ3n) is 4.54. The van der Waals surface area contributed by atoms with Crippen molar-refractivity contribution in [3.8, 4) is 0 Å². The fourth-order valence-corrected chi connectivity index (χ4v) is 3.22. The number of ether oxygens (including phenoxy) is 1. The minimum atomic E-state index is -1.03. The Balaban J connectivity index is 1.85. The Hall–Kier alpha value is -2.94. The Morgan fingerprint density at radius 1 is 1.23 bits per heavy atom. The summed E-state index contributed by atoms with van der Waals surface area (Å²) >= 11 is 0. The molecule has 9 nitrogen and oxygen atoms in total. The SMILES string of the molecule is O=C(O)CC1(NC(=O)Cn2c(=O)[nH]c3ccccc3c2=O)CCOCC1. The molecule has 1 aromatic heterocycles. The Bertz CT molecular complexity index is 955. The number of nitrogens with one attached hydrogen (secondary N) is 2. The number of aromatic amines is 1. The van der Waals surface area contributed by atoms with Gasteiger partial charge in [0.2, 0.25) is 5.91 Å². The first-order chi connectivity index (χ1) is 12.4. The molecule has 2 heterocycles. The molecular weight excluding hydrogens is 342 g/mol. The lowest BCUT2D eigenvalue weighted by Gasteiger charge is -2.36. The highest BCUT2D eigenvalue weighted by Crippen LogP contribution is 2.24. The lowest BCUT2D eigenvalue weighted by Crippen LogP contribution is -2.55. The van der Waals surface area contributed by atoms with E-state index in [2.05, 4.69) is 10.3 Å². The summed E-state index contributed by atoms with van der Waals surface area (Å²) in [5, 5.41) is 12.1. The van der Waals surface area contributed by atoms with Crippen molar-refractivity contribution in [2.24, 2.45) is 0 Å². The molecule has 9 heteroatoms. The van der Waals surface area contributed by atoms with Gasteiger partial charge in [-0.05, 0) is 25.0 Å². The van der Waals surface area contributed by atoms with Crippen LogP contribution in [0.4, 0.5) is 0 Å². The molecular formula is C17H19N3O6. The topological polar surface area (TPSA) is 130 Å². The number of para-hydroxylation sites is 1. The van der Waals surface area contributed by atoms with E-state index in [1.165, 1.54) is 0 Å². The van der Waals surface area contributed by atoms with Crippen LogP contribution in [-0.2, 0) is 20.9 Å². The van der Waals surface area contributed by atoms with Crippen molar-refractivity contribution in [1.29, 1.82) is 0 Å². The number of rotatable bonds is 5. The molecule has 3 rings (SSSR count). The van der Waals surface area contributed by atoms with Gasteiger partial charge in [0, 0.05) is 13.2 Å². The number of carboxylic acids is 1. The second kappa shape index (κ2) is 7.12. The van der Waals surface area contributed by atoms with Crippen molar-refractivity contribution < 1.29 is 19.4 Å². The normalized spacial score (nSPS) is 16.3. The van der Waals surface area contributed by atoms with E-state index in [1.54, 1.807) is 24.3 Å². The van der Waals surface area contributed by atoms with Crippen LogP contribution in [0.1, 0.15) is 19.3 Å². The number of H-pyrrole nitrogens is 1. The van der Waals surface area contributed by atoms with Crippen molar-refractivity contribution in [3.05, 3.63) is 45.1 Å². The third kappa shape index (κ3) is 3.67. The molecule has 1 fully saturated rings. The van der Waals surface area contributed by atoms with E-state index < -0.39 is 35.2 Å². The van der Waals surface area contributed by atoms with Crippen LogP contribution in [0.15, 0.2) is 33.9 Å². The average Bonchev–Trinajstić information content (AvgIpc) is 2.58. The number of aromatic nitrogens is 2. The van der Waals surface area contributed by atoms with Crippen molar-refractivity contribution in [3.63, 3.8) is 0 Å². The van der Waals surface area contributed by atoms with Crippen LogP contribution in [0.3, 0.4) is 0 Å². The van der Waals surface area contributed by atoms with Crippen molar-refractivity contribution in [2.75, 3.05) is 13.2 Å². The van der Waals surface area contributed by atoms with Gasteiger partial charge >= 0.3 is 11.7 Å². The van der Waals surface area contributed by atoms with E-state index in [9.17, 15) is 19.2 Å². The number of benzene rings is 1. The van der Waals surface area contributed by atoms with Crippen LogP contribution in [0.2, 0.25) is 0 Å². The fourth-order valence-electron chi connectivity index (χ4n) is 3.22. The molecule has 3 N–H and O–H groups in total. The quantitative estimate of drug-likeness (QED) is 0.678. The number of carbonyl (C=O) groups excluding carboxylic acids is 1. The predicted molar refractivity (Wildman–Crippen MR) is 92.0 cm³/mol. The summed E-state index contributed by atoms with van der Waals surface area (Å²) in [6.07, 6.45) is 0.465. The zero-order valence-electron chi connectivity index (χ0n) is 14.0. The molecule has 138 valence electrons. The van der Waals surface area contributed by atoms with Crippen LogP contribution in [0.25, 0.3) is 10.9 Å². The standard InChI is InChI=1S/C17H19N3O6/c21-13(19-17(9-14(22)23)5-7-26-8-6-17)10-20-15(24)11-3-1-2-4-12(11)18-16(20)25/h1-4H,5-10H2,(H,18,25)(H,19,21)(H,22,23). The van der Waals surface area contributed by atoms with Gasteiger partial charge in [0.05, 0.1) is 22.9 Å². The number of fused-ring (bicyclic) bond motifs is 1. The van der Waals surface area contributed by atoms with Crippen LogP contribution in [0, 0.1) is 0 Å². The maximum Gasteiger partial charge on any atom is 0.329 e. The number of carbonyl (C=O) groups is 2. The molecule has 1 aliphatic rings. The molecule has 1 saturated heterocycles. The first-order valence-electron chi connectivity index (χ1n) is 8.23. The summed E-state index contributed by atoms with van der Waals surface area (Å²) in [5.41, 5.74) is -1.80. The van der Waals surface area contributed by atoms with E-state index in [4.69, 9.17) is 9.84 Å². The Labute approximate surface area is 147 Å². The van der Waals surface area contributed by atoms with E-state index in [0.717, 1.165) is 4.57 Å². The van der Waals surface area contributed by atoms with E-state index in [-0.39, 0.29) is 6.42 Å². The molecule has 0 atom stereocenters. The van der Waals surface area contributed by atoms with Gasteiger partial charge < -0.3 is 20.1 Å². The van der Waals surface area contributed by atoms with Crippen LogP contribution < -0.4 is 16.6 Å². The van der Waals surface area contributed by atoms with Crippen LogP contribution in [-0.4, -0.2) is 45.3 Å². The first-order valence-corrected chi connectivity index (χ1v) is 8.23. The summed E-state index contributed by atoms with van der Waals surface area (Å²) in [4.78, 5) is 50.8. The van der Waals surface area contributed by atoms with Gasteiger partial charge in [0.15, 0.2) is 0 Å². The van der Waals surface area contributed by atoms with Gasteiger partial charge in [-0.1, -0.05) is 12.1 Å². The molecule has 1 amide bonds. The summed E-state index contributed by atoms with van der Waals surface area (Å²) in [7, 11) is 0. The second-order valence-corrected chi connectivity index (χ2v) is 6.38. The Morgan fingerprint density at radius 3 is 2.62 bits per heavy atom. The molecule has 0 saturated carbocycles. The van der Waals surface area contributed by atoms with Crippen molar-refractivity contribution in [1.82, 2.24) is 14.9 Å². The Morgan fingerprint density at radius 2 is 1.92 bits per heavy atom. The van der Waals surface area contributed by atoms with Crippen molar-refractivity contribution >= 4 is 22.8 Å². The van der Waals surface area contributed by atoms with Gasteiger partial charge in [-0.3, -0.25) is 19.0 Å². The first kappa shape index (κ1) is 17.9. The lowest BCUT2D eigenvalue weighted by molar-refractivity contribution is -0.140. The van der Waals surface area contributed by atoms with E-state index >= 15 is 0 Å². The fraction of sp³-hybridized carbons (Fsp3) is 0.412. The summed E-state index contributed by atoms with van der Waals surface area (Å²) in [6, 6.07) is 6.52. The number of hydrogen-bond acceptors (Lipinski definition) is 5. The highest BCUT2D eigenvalue weighted by Gasteiger charge is 2.36. The lowest BCUT2D eigenvalue weighted by atomic mass is 9.86. The summed E-state index contributed by atoms with van der Waals surface area (Å²) in [6.45, 7) is 0.190. The molecule has 0 radical (unpaired) electrons. The summed E-state index contributed by atoms with van der Waals surface area (Å²) in [5.74, 6) is -1.62. The third-order valence-corrected chi connectivity index (χ3v) is 4.54. The minimum Gasteiger partial charge on any atom is -0.481 e. The maximum atomic E-state index is 12.5. The Kier molecular flexibility index (Phi) is 4.90. The monoisotopic (exact) mass is 361 g/mol. The predicted octanol–water partition coefficient (Wildman–Crippen LogP) is -0.170. The van der Waals surface area contributed by atoms with Gasteiger partial charge in [-0.2, -0.15) is 0 Å². The smallest absolute Gasteiger partial charge is 0.329 e. The van der Waals surface area contributed by atoms with E-state index in [1.807, 2.05) is 0 Å². The highest BCUT2D eigenvalue weighted by molar-refractivity contribution is 5.80. The van der Waals surface area contributed by atoms with Gasteiger partial charge in [0.25, 0.3) is 5.56 Å². The van der Waals surface area contributed by atoms with Crippen LogP contribution in [0.5, 0.6) is 0 Å². The number of nitrogens with zero attached hydrogens (tertiary/aromatic N) is 1. The van der Waals surface area contributed by atoms with E-state index in [0.29, 0.717) is 37.0 Å². The molecule has 1 aromatic carbocycles. The zero-order chi connectivity index (χ0) is 18.7. The zero-order valence-corrected chi connectivity index (χ0v) is 14.0. The highest BCUT2D eigenvalue weighted by atomic mass is 16.5. The molecule has 2 aromatic rings. The number of hydrogen-bond donors (Lipinski definition) is 3. The molecule has 0 spiro atoms. The molecule has 0 aliphatic carbocycles. The average molecular weight is 361 g/mol. The molecule has 26 heavy (non-hydrogen) atoms. The molecule has 0 unspecified atom stereocenters. The molecule has 0 bridgehead atoms. The second-order valence-electron chi connectivity index (χ2n) is 6.38. The maximum absolute atomic E-state index is 12.5. The summed E-state index contributed by atoms with van der Waals surface area (Å²) < 4.78 is 6.05. The van der Waals surface area contributed by atoms with Crippen molar-refractivity contribution in [2.45, 2.75) is 31.3 Å².